The fourth-order valence-electron chi connectivity index (χ4n) is 1.97. The van der Waals surface area contributed by atoms with Gasteiger partial charge < -0.3 is 11.1 Å². The van der Waals surface area contributed by atoms with Gasteiger partial charge in [0.15, 0.2) is 0 Å². The van der Waals surface area contributed by atoms with Crippen molar-refractivity contribution in [3.05, 3.63) is 23.0 Å². The summed E-state index contributed by atoms with van der Waals surface area (Å²) < 4.78 is 13.4. The first-order valence-corrected chi connectivity index (χ1v) is 6.99. The minimum absolute atomic E-state index is 0.103. The zero-order valence-electron chi connectivity index (χ0n) is 9.72. The fraction of sp³-hybridized carbons (Fsp3) is 0.500. The number of anilines is 2. The van der Waals surface area contributed by atoms with Crippen molar-refractivity contribution in [1.29, 1.82) is 0 Å². The fourth-order valence-corrected chi connectivity index (χ4v) is 3.38. The molecule has 1 aliphatic heterocycles. The lowest BCUT2D eigenvalue weighted by atomic mass is 10.1. The van der Waals surface area contributed by atoms with Crippen LogP contribution in [0.3, 0.4) is 0 Å². The van der Waals surface area contributed by atoms with Gasteiger partial charge in [0.2, 0.25) is 0 Å². The van der Waals surface area contributed by atoms with E-state index in [2.05, 4.69) is 12.2 Å². The molecule has 94 valence electrons. The maximum absolute atomic E-state index is 13.1. The first kappa shape index (κ1) is 12.8. The van der Waals surface area contributed by atoms with Gasteiger partial charge in [-0.05, 0) is 31.6 Å². The monoisotopic (exact) mass is 274 g/mol. The highest BCUT2D eigenvalue weighted by Gasteiger charge is 2.29. The van der Waals surface area contributed by atoms with Gasteiger partial charge in [0.1, 0.15) is 5.82 Å². The maximum atomic E-state index is 13.1. The third-order valence-electron chi connectivity index (χ3n) is 3.05. The number of thioether (sulfide) groups is 1. The van der Waals surface area contributed by atoms with Crippen LogP contribution in [0.15, 0.2) is 12.1 Å². The Kier molecular flexibility index (Phi) is 3.73. The molecule has 5 heteroatoms. The van der Waals surface area contributed by atoms with Gasteiger partial charge in [0.25, 0.3) is 0 Å². The van der Waals surface area contributed by atoms with Crippen molar-refractivity contribution < 1.29 is 4.39 Å². The van der Waals surface area contributed by atoms with E-state index in [-0.39, 0.29) is 9.77 Å². The molecule has 0 aromatic heterocycles. The van der Waals surface area contributed by atoms with E-state index in [1.54, 1.807) is 6.07 Å². The molecular weight excluding hydrogens is 259 g/mol. The van der Waals surface area contributed by atoms with Crippen LogP contribution in [-0.2, 0) is 0 Å². The molecule has 1 fully saturated rings. The summed E-state index contributed by atoms with van der Waals surface area (Å²) in [6, 6.07) is 2.81. The Hall–Kier alpha value is -0.610. The molecule has 0 bridgehead atoms. The normalized spacial score (nSPS) is 23.9. The zero-order chi connectivity index (χ0) is 12.5. The minimum Gasteiger partial charge on any atom is -0.397 e. The molecule has 1 heterocycles. The average Bonchev–Trinajstić information content (AvgIpc) is 2.69. The van der Waals surface area contributed by atoms with E-state index in [9.17, 15) is 4.39 Å². The van der Waals surface area contributed by atoms with Gasteiger partial charge >= 0.3 is 0 Å². The lowest BCUT2D eigenvalue weighted by Gasteiger charge is -2.24. The lowest BCUT2D eigenvalue weighted by Crippen LogP contribution is -2.27. The molecule has 3 N–H and O–H groups in total. The standard InChI is InChI=1S/C12H16ClFN2S/c1-12(3-2-4-17-12)7-16-11-5-8(13)9(14)6-10(11)15/h5-6,16H,2-4,7,15H2,1H3. The molecule has 1 atom stereocenters. The summed E-state index contributed by atoms with van der Waals surface area (Å²) in [5, 5.41) is 3.37. The van der Waals surface area contributed by atoms with Crippen molar-refractivity contribution in [3.63, 3.8) is 0 Å². The largest absolute Gasteiger partial charge is 0.397 e. The van der Waals surface area contributed by atoms with Gasteiger partial charge in [-0.15, -0.1) is 0 Å². The van der Waals surface area contributed by atoms with Crippen molar-refractivity contribution in [2.24, 2.45) is 0 Å². The predicted molar refractivity (Wildman–Crippen MR) is 74.4 cm³/mol. The summed E-state index contributed by atoms with van der Waals surface area (Å²) in [7, 11) is 0. The van der Waals surface area contributed by atoms with Gasteiger partial charge in [-0.2, -0.15) is 11.8 Å². The molecule has 17 heavy (non-hydrogen) atoms. The lowest BCUT2D eigenvalue weighted by molar-refractivity contribution is 0.627. The predicted octanol–water partition coefficient (Wildman–Crippen LogP) is 3.76. The minimum atomic E-state index is -0.476. The van der Waals surface area contributed by atoms with Gasteiger partial charge in [-0.1, -0.05) is 11.6 Å². The second-order valence-electron chi connectivity index (χ2n) is 4.61. The van der Waals surface area contributed by atoms with Crippen molar-refractivity contribution in [3.8, 4) is 0 Å². The van der Waals surface area contributed by atoms with Gasteiger partial charge in [0.05, 0.1) is 16.4 Å². The molecule has 0 aliphatic carbocycles. The van der Waals surface area contributed by atoms with Crippen LogP contribution in [0.4, 0.5) is 15.8 Å². The zero-order valence-corrected chi connectivity index (χ0v) is 11.3. The number of benzene rings is 1. The second-order valence-corrected chi connectivity index (χ2v) is 6.70. The Morgan fingerprint density at radius 1 is 1.59 bits per heavy atom. The summed E-state index contributed by atoms with van der Waals surface area (Å²) in [5.74, 6) is 0.730. The van der Waals surface area contributed by atoms with Crippen LogP contribution in [0, 0.1) is 5.82 Å². The first-order chi connectivity index (χ1) is 8.00. The molecule has 0 saturated carbocycles. The van der Waals surface area contributed by atoms with E-state index in [1.165, 1.54) is 24.7 Å². The number of halogens is 2. The van der Waals surface area contributed by atoms with Gasteiger partial charge in [0, 0.05) is 17.4 Å². The Bertz CT molecular complexity index is 419. The van der Waals surface area contributed by atoms with Crippen molar-refractivity contribution >= 4 is 34.7 Å². The molecule has 2 rings (SSSR count). The van der Waals surface area contributed by atoms with E-state index >= 15 is 0 Å². The highest BCUT2D eigenvalue weighted by Crippen LogP contribution is 2.38. The number of nitrogens with one attached hydrogen (secondary N) is 1. The Morgan fingerprint density at radius 3 is 3.00 bits per heavy atom. The summed E-state index contributed by atoms with van der Waals surface area (Å²) in [5.41, 5.74) is 6.86. The first-order valence-electron chi connectivity index (χ1n) is 5.62. The van der Waals surface area contributed by atoms with E-state index < -0.39 is 5.82 Å². The SMILES string of the molecule is CC1(CNc2cc(Cl)c(F)cc2N)CCCS1. The number of nitrogen functional groups attached to an aromatic ring is 1. The number of hydrogen-bond acceptors (Lipinski definition) is 3. The van der Waals surface area contributed by atoms with Crippen LogP contribution in [0.5, 0.6) is 0 Å². The maximum Gasteiger partial charge on any atom is 0.143 e. The Morgan fingerprint density at radius 2 is 2.35 bits per heavy atom. The summed E-state index contributed by atoms with van der Waals surface area (Å²) in [6.45, 7) is 3.06. The third kappa shape index (κ3) is 2.99. The topological polar surface area (TPSA) is 38.0 Å². The van der Waals surface area contributed by atoms with Crippen LogP contribution in [0.25, 0.3) is 0 Å². The van der Waals surface area contributed by atoms with Crippen molar-refractivity contribution in [2.75, 3.05) is 23.3 Å². The third-order valence-corrected chi connectivity index (χ3v) is 4.87. The molecule has 0 amide bonds. The van der Waals surface area contributed by atoms with E-state index in [0.717, 1.165) is 6.54 Å². The van der Waals surface area contributed by atoms with E-state index in [1.807, 2.05) is 11.8 Å². The van der Waals surface area contributed by atoms with Crippen LogP contribution in [-0.4, -0.2) is 17.0 Å². The Balaban J connectivity index is 2.06. The molecule has 0 spiro atoms. The molecule has 1 aromatic carbocycles. The van der Waals surface area contributed by atoms with E-state index in [0.29, 0.717) is 11.4 Å². The second kappa shape index (κ2) is 4.94. The van der Waals surface area contributed by atoms with Crippen LogP contribution < -0.4 is 11.1 Å². The van der Waals surface area contributed by atoms with Crippen molar-refractivity contribution in [2.45, 2.75) is 24.5 Å². The smallest absolute Gasteiger partial charge is 0.143 e. The van der Waals surface area contributed by atoms with Crippen LogP contribution in [0.2, 0.25) is 5.02 Å². The highest BCUT2D eigenvalue weighted by atomic mass is 35.5. The molecule has 1 aromatic rings. The number of rotatable bonds is 3. The highest BCUT2D eigenvalue weighted by molar-refractivity contribution is 8.00. The molecule has 1 aliphatic rings. The molecule has 0 radical (unpaired) electrons. The quantitative estimate of drug-likeness (QED) is 0.824. The molecule has 2 nitrogen and oxygen atoms in total. The van der Waals surface area contributed by atoms with Crippen LogP contribution in [0.1, 0.15) is 19.8 Å². The molecule has 1 unspecified atom stereocenters. The Labute approximate surface area is 110 Å². The number of nitrogens with two attached hydrogens (primary N) is 1. The van der Waals surface area contributed by atoms with Gasteiger partial charge in [-0.25, -0.2) is 4.39 Å². The molecular formula is C12H16ClFN2S. The molecule has 1 saturated heterocycles. The average molecular weight is 275 g/mol. The number of hydrogen-bond donors (Lipinski definition) is 2. The van der Waals surface area contributed by atoms with Crippen molar-refractivity contribution in [1.82, 2.24) is 0 Å². The summed E-state index contributed by atoms with van der Waals surface area (Å²) in [6.07, 6.45) is 2.45. The summed E-state index contributed by atoms with van der Waals surface area (Å²) in [4.78, 5) is 0. The van der Waals surface area contributed by atoms with Gasteiger partial charge in [-0.3, -0.25) is 0 Å². The summed E-state index contributed by atoms with van der Waals surface area (Å²) >= 11 is 7.71. The van der Waals surface area contributed by atoms with Crippen LogP contribution >= 0.6 is 23.4 Å². The van der Waals surface area contributed by atoms with E-state index in [4.69, 9.17) is 17.3 Å².